The summed E-state index contributed by atoms with van der Waals surface area (Å²) in [6, 6.07) is 11.2. The van der Waals surface area contributed by atoms with E-state index in [4.69, 9.17) is 0 Å². The number of carbonyl (C=O) groups excluding carboxylic acids is 2. The van der Waals surface area contributed by atoms with E-state index in [1.807, 2.05) is 24.3 Å². The Kier molecular flexibility index (Phi) is 5.03. The number of nitriles is 2. The molecule has 0 fully saturated rings. The molecule has 0 radical (unpaired) electrons. The predicted octanol–water partition coefficient (Wildman–Crippen LogP) is 4.89. The van der Waals surface area contributed by atoms with Crippen molar-refractivity contribution in [1.29, 1.82) is 10.5 Å². The SMILES string of the molecule is N#CC1=C(C#N)SC(=C(c2ccc(C=O)s2)c2ccc(C=O)s2)S1. The molecule has 0 aliphatic carbocycles. The largest absolute Gasteiger partial charge is 0.297 e. The Morgan fingerprint density at radius 1 is 0.833 bits per heavy atom. The van der Waals surface area contributed by atoms with Crippen molar-refractivity contribution in [2.45, 2.75) is 0 Å². The zero-order valence-corrected chi connectivity index (χ0v) is 15.1. The molecule has 0 atom stereocenters. The Morgan fingerprint density at radius 3 is 1.62 bits per heavy atom. The molecule has 0 unspecified atom stereocenters. The van der Waals surface area contributed by atoms with Crippen LogP contribution in [0.25, 0.3) is 5.57 Å². The topological polar surface area (TPSA) is 81.7 Å². The van der Waals surface area contributed by atoms with Gasteiger partial charge in [-0.3, -0.25) is 9.59 Å². The predicted molar refractivity (Wildman–Crippen MR) is 98.9 cm³/mol. The van der Waals surface area contributed by atoms with Crippen molar-refractivity contribution in [1.82, 2.24) is 0 Å². The molecule has 8 heteroatoms. The maximum Gasteiger partial charge on any atom is 0.160 e. The van der Waals surface area contributed by atoms with Gasteiger partial charge in [-0.25, -0.2) is 0 Å². The molecule has 0 spiro atoms. The molecule has 0 saturated heterocycles. The first-order chi connectivity index (χ1) is 11.7. The Morgan fingerprint density at radius 2 is 1.29 bits per heavy atom. The smallest absolute Gasteiger partial charge is 0.160 e. The van der Waals surface area contributed by atoms with E-state index in [1.54, 1.807) is 12.1 Å². The highest BCUT2D eigenvalue weighted by Crippen LogP contribution is 2.54. The van der Waals surface area contributed by atoms with Crippen LogP contribution in [0.15, 0.2) is 38.3 Å². The number of hydrogen-bond acceptors (Lipinski definition) is 8. The summed E-state index contributed by atoms with van der Waals surface area (Å²) in [5.74, 6) is 0. The van der Waals surface area contributed by atoms with Crippen molar-refractivity contribution < 1.29 is 9.59 Å². The van der Waals surface area contributed by atoms with Gasteiger partial charge < -0.3 is 0 Å². The fourth-order valence-electron chi connectivity index (χ4n) is 1.97. The van der Waals surface area contributed by atoms with Crippen molar-refractivity contribution in [2.24, 2.45) is 0 Å². The van der Waals surface area contributed by atoms with Crippen molar-refractivity contribution in [3.8, 4) is 12.1 Å². The van der Waals surface area contributed by atoms with Crippen LogP contribution in [0, 0.1) is 22.7 Å². The normalized spacial score (nSPS) is 13.5. The van der Waals surface area contributed by atoms with Crippen LogP contribution in [-0.4, -0.2) is 12.6 Å². The second-order valence-corrected chi connectivity index (χ2v) is 8.92. The Labute approximate surface area is 154 Å². The van der Waals surface area contributed by atoms with Crippen LogP contribution < -0.4 is 0 Å². The molecule has 0 amide bonds. The second-order valence-electron chi connectivity index (χ2n) is 4.39. The third-order valence-corrected chi connectivity index (χ3v) is 7.45. The average Bonchev–Trinajstić information content (AvgIpc) is 3.34. The van der Waals surface area contributed by atoms with Crippen LogP contribution in [0.5, 0.6) is 0 Å². The molecule has 1 aliphatic heterocycles. The Balaban J connectivity index is 2.15. The van der Waals surface area contributed by atoms with Crippen molar-refractivity contribution >= 4 is 64.3 Å². The van der Waals surface area contributed by atoms with Gasteiger partial charge in [-0.15, -0.1) is 22.7 Å². The van der Waals surface area contributed by atoms with Crippen molar-refractivity contribution in [3.05, 3.63) is 57.8 Å². The van der Waals surface area contributed by atoms with Crippen LogP contribution in [-0.2, 0) is 0 Å². The van der Waals surface area contributed by atoms with E-state index >= 15 is 0 Å². The molecule has 3 heterocycles. The zero-order chi connectivity index (χ0) is 17.1. The highest BCUT2D eigenvalue weighted by molar-refractivity contribution is 8.29. The Bertz CT molecular complexity index is 906. The molecular weight excluding hydrogens is 380 g/mol. The van der Waals surface area contributed by atoms with Gasteiger partial charge in [0, 0.05) is 15.3 Å². The maximum absolute atomic E-state index is 11.0. The Hall–Kier alpha value is -2.10. The molecular formula is C16H6N2O2S4. The highest BCUT2D eigenvalue weighted by Gasteiger charge is 2.26. The van der Waals surface area contributed by atoms with E-state index in [2.05, 4.69) is 0 Å². The van der Waals surface area contributed by atoms with Gasteiger partial charge in [0.15, 0.2) is 12.6 Å². The zero-order valence-electron chi connectivity index (χ0n) is 11.8. The number of rotatable bonds is 4. The second kappa shape index (κ2) is 7.20. The molecule has 0 aromatic carbocycles. The summed E-state index contributed by atoms with van der Waals surface area (Å²) >= 11 is 5.18. The minimum absolute atomic E-state index is 0.370. The number of thioether (sulfide) groups is 2. The van der Waals surface area contributed by atoms with E-state index in [0.29, 0.717) is 19.6 Å². The van der Waals surface area contributed by atoms with Gasteiger partial charge in [-0.05, 0) is 24.3 Å². The maximum atomic E-state index is 11.0. The van der Waals surface area contributed by atoms with Crippen LogP contribution in [0.1, 0.15) is 29.1 Å². The lowest BCUT2D eigenvalue weighted by Gasteiger charge is -2.06. The minimum Gasteiger partial charge on any atom is -0.297 e. The number of carbonyl (C=O) groups is 2. The van der Waals surface area contributed by atoms with Gasteiger partial charge >= 0.3 is 0 Å². The van der Waals surface area contributed by atoms with E-state index in [9.17, 15) is 20.1 Å². The molecule has 4 nitrogen and oxygen atoms in total. The van der Waals surface area contributed by atoms with E-state index in [0.717, 1.165) is 32.1 Å². The van der Waals surface area contributed by atoms with Crippen LogP contribution in [0.3, 0.4) is 0 Å². The average molecular weight is 387 g/mol. The number of hydrogen-bond donors (Lipinski definition) is 0. The number of nitrogens with zero attached hydrogens (tertiary/aromatic N) is 2. The van der Waals surface area contributed by atoms with E-state index in [-0.39, 0.29) is 0 Å². The monoisotopic (exact) mass is 386 g/mol. The summed E-state index contributed by atoms with van der Waals surface area (Å²) in [7, 11) is 0. The molecule has 2 aromatic rings. The first-order valence-corrected chi connectivity index (χ1v) is 9.72. The molecule has 116 valence electrons. The summed E-state index contributed by atoms with van der Waals surface area (Å²) in [4.78, 5) is 25.6. The quantitative estimate of drug-likeness (QED) is 0.696. The molecule has 2 aromatic heterocycles. The fraction of sp³-hybridized carbons (Fsp3) is 0. The third-order valence-electron chi connectivity index (χ3n) is 2.98. The minimum atomic E-state index is 0.370. The molecule has 0 N–H and O–H groups in total. The molecule has 0 bridgehead atoms. The summed E-state index contributed by atoms with van der Waals surface area (Å²) in [5, 5.41) is 18.4. The van der Waals surface area contributed by atoms with E-state index in [1.165, 1.54) is 46.2 Å². The lowest BCUT2D eigenvalue weighted by atomic mass is 10.2. The summed E-state index contributed by atoms with van der Waals surface area (Å²) in [6.07, 6.45) is 1.58. The van der Waals surface area contributed by atoms with E-state index < -0.39 is 0 Å². The number of thiophene rings is 2. The lowest BCUT2D eigenvalue weighted by Crippen LogP contribution is -1.83. The van der Waals surface area contributed by atoms with Crippen LogP contribution >= 0.6 is 46.2 Å². The number of aldehydes is 2. The fourth-order valence-corrected chi connectivity index (χ4v) is 6.37. The highest BCUT2D eigenvalue weighted by atomic mass is 32.2. The van der Waals surface area contributed by atoms with Gasteiger partial charge in [0.2, 0.25) is 0 Å². The standard InChI is InChI=1S/C16H6N2O2S4/c17-5-13-14(6-18)24-16(23-13)15(11-3-1-9(7-19)21-11)12-4-2-10(8-20)22-12/h1-4,7-8H. The van der Waals surface area contributed by atoms with Gasteiger partial charge in [0.25, 0.3) is 0 Å². The first kappa shape index (κ1) is 16.7. The third kappa shape index (κ3) is 3.10. The van der Waals surface area contributed by atoms with Gasteiger partial charge in [0.05, 0.1) is 14.0 Å². The molecule has 0 saturated carbocycles. The molecule has 1 aliphatic rings. The van der Waals surface area contributed by atoms with Gasteiger partial charge in [0.1, 0.15) is 21.9 Å². The lowest BCUT2D eigenvalue weighted by molar-refractivity contribution is 0.111. The molecule has 3 rings (SSSR count). The summed E-state index contributed by atoms with van der Waals surface area (Å²) in [6.45, 7) is 0. The summed E-state index contributed by atoms with van der Waals surface area (Å²) in [5.41, 5.74) is 0.846. The summed E-state index contributed by atoms with van der Waals surface area (Å²) < 4.78 is 0.807. The number of allylic oxidation sites excluding steroid dienone is 2. The van der Waals surface area contributed by atoms with Gasteiger partial charge in [-0.2, -0.15) is 10.5 Å². The van der Waals surface area contributed by atoms with Crippen LogP contribution in [0.4, 0.5) is 0 Å². The van der Waals surface area contributed by atoms with Crippen molar-refractivity contribution in [3.63, 3.8) is 0 Å². The first-order valence-electron chi connectivity index (χ1n) is 6.45. The van der Waals surface area contributed by atoms with Crippen molar-refractivity contribution in [2.75, 3.05) is 0 Å². The molecule has 24 heavy (non-hydrogen) atoms. The van der Waals surface area contributed by atoms with Gasteiger partial charge in [-0.1, -0.05) is 23.5 Å². The van der Waals surface area contributed by atoms with Crippen LogP contribution in [0.2, 0.25) is 0 Å².